The second-order valence-corrected chi connectivity index (χ2v) is 10.7. The third-order valence-corrected chi connectivity index (χ3v) is 4.33. The molecule has 0 radical (unpaired) electrons. The molecular formula is C11H17Br2NO2S. The van der Waals surface area contributed by atoms with Gasteiger partial charge in [-0.1, -0.05) is 0 Å². The fraction of sp³-hybridized carbons (Fsp3) is 0.545. The van der Waals surface area contributed by atoms with E-state index in [2.05, 4.69) is 55.6 Å². The summed E-state index contributed by atoms with van der Waals surface area (Å²) in [6.45, 7) is 0.990. The van der Waals surface area contributed by atoms with Crippen LogP contribution >= 0.6 is 41.9 Å². The molecule has 1 heterocycles. The first kappa shape index (κ1) is 15.3. The van der Waals surface area contributed by atoms with Gasteiger partial charge >= 0.3 is 0 Å². The predicted molar refractivity (Wildman–Crippen MR) is 81.3 cm³/mol. The van der Waals surface area contributed by atoms with Crippen LogP contribution in [0, 0.1) is 0 Å². The van der Waals surface area contributed by atoms with E-state index in [0.717, 1.165) is 16.8 Å². The van der Waals surface area contributed by atoms with Crippen molar-refractivity contribution in [2.75, 3.05) is 37.9 Å². The Labute approximate surface area is 121 Å². The van der Waals surface area contributed by atoms with Gasteiger partial charge in [-0.3, -0.25) is 0 Å². The van der Waals surface area contributed by atoms with Crippen molar-refractivity contribution in [1.82, 2.24) is 4.98 Å². The van der Waals surface area contributed by atoms with Crippen LogP contribution in [-0.4, -0.2) is 42.9 Å². The van der Waals surface area contributed by atoms with Gasteiger partial charge in [0.05, 0.1) is 6.61 Å². The number of ether oxygens (including phenoxy) is 2. The van der Waals surface area contributed by atoms with Gasteiger partial charge in [0.2, 0.25) is 0 Å². The number of hydrogen-bond donors (Lipinski definition) is 0. The Morgan fingerprint density at radius 3 is 2.65 bits per heavy atom. The fourth-order valence-corrected chi connectivity index (χ4v) is 2.24. The molecule has 0 bridgehead atoms. The Kier molecular flexibility index (Phi) is 6.26. The summed E-state index contributed by atoms with van der Waals surface area (Å²) in [6, 6.07) is 1.86. The van der Waals surface area contributed by atoms with Gasteiger partial charge in [-0.15, -0.1) is 0 Å². The van der Waals surface area contributed by atoms with Crippen LogP contribution in [0.5, 0.6) is 5.75 Å². The fourth-order valence-electron chi connectivity index (χ4n) is 0.978. The lowest BCUT2D eigenvalue weighted by molar-refractivity contribution is 0.0229. The first-order chi connectivity index (χ1) is 7.88. The van der Waals surface area contributed by atoms with Crippen molar-refractivity contribution in [3.63, 3.8) is 0 Å². The van der Waals surface area contributed by atoms with Crippen molar-refractivity contribution in [3.8, 4) is 5.75 Å². The Bertz CT molecular complexity index is 369. The van der Waals surface area contributed by atoms with Crippen LogP contribution in [0.3, 0.4) is 0 Å². The Morgan fingerprint density at radius 1 is 1.29 bits per heavy atom. The van der Waals surface area contributed by atoms with E-state index in [1.54, 1.807) is 6.20 Å². The molecule has 0 aliphatic rings. The minimum Gasteiger partial charge on any atom is -0.465 e. The average molecular weight is 387 g/mol. The van der Waals surface area contributed by atoms with E-state index in [0.29, 0.717) is 10.4 Å². The summed E-state index contributed by atoms with van der Waals surface area (Å²) in [4.78, 5) is 4.11. The molecule has 0 N–H and O–H groups in total. The van der Waals surface area contributed by atoms with Crippen LogP contribution < -0.4 is 4.74 Å². The number of nitrogens with zero attached hydrogens (tertiary/aromatic N) is 1. The minimum atomic E-state index is -0.494. The summed E-state index contributed by atoms with van der Waals surface area (Å²) in [5, 5.41) is 0. The maximum Gasteiger partial charge on any atom is 0.189 e. The van der Waals surface area contributed by atoms with Crippen molar-refractivity contribution in [2.24, 2.45) is 0 Å². The number of aromatic nitrogens is 1. The number of pyridine rings is 1. The summed E-state index contributed by atoms with van der Waals surface area (Å²) in [6.07, 6.45) is 8.52. The van der Waals surface area contributed by atoms with Crippen LogP contribution in [0.25, 0.3) is 0 Å². The van der Waals surface area contributed by atoms with Gasteiger partial charge in [-0.25, -0.2) is 15.0 Å². The molecule has 17 heavy (non-hydrogen) atoms. The van der Waals surface area contributed by atoms with E-state index < -0.39 is 10.0 Å². The lowest BCUT2D eigenvalue weighted by Crippen LogP contribution is -2.10. The lowest BCUT2D eigenvalue weighted by Gasteiger charge is -2.24. The number of halogens is 2. The Hall–Kier alpha value is 0.220. The van der Waals surface area contributed by atoms with Crippen molar-refractivity contribution in [3.05, 3.63) is 21.3 Å². The van der Waals surface area contributed by atoms with Gasteiger partial charge < -0.3 is 9.47 Å². The summed E-state index contributed by atoms with van der Waals surface area (Å²) in [5.74, 6) is 1.77. The standard InChI is InChI=1S/C11H17Br2NO2S/c1-17(2,3)5-4-15-8-16-10-6-9(12)7-14-11(10)13/h6-7H,4-5,8H2,1-3H3. The van der Waals surface area contributed by atoms with E-state index in [-0.39, 0.29) is 6.79 Å². The largest absolute Gasteiger partial charge is 0.465 e. The van der Waals surface area contributed by atoms with E-state index in [1.807, 2.05) is 6.07 Å². The summed E-state index contributed by atoms with van der Waals surface area (Å²) in [5.41, 5.74) is 0. The van der Waals surface area contributed by atoms with E-state index in [9.17, 15) is 0 Å². The quantitative estimate of drug-likeness (QED) is 0.424. The van der Waals surface area contributed by atoms with Crippen LogP contribution in [-0.2, 0) is 4.74 Å². The zero-order valence-corrected chi connectivity index (χ0v) is 14.2. The normalized spacial score (nSPS) is 12.5. The smallest absolute Gasteiger partial charge is 0.189 e. The predicted octanol–water partition coefficient (Wildman–Crippen LogP) is 3.65. The molecule has 3 nitrogen and oxygen atoms in total. The Balaban J connectivity index is 2.29. The first-order valence-corrected chi connectivity index (χ1v) is 9.67. The number of rotatable bonds is 6. The lowest BCUT2D eigenvalue weighted by atomic mass is 10.5. The van der Waals surface area contributed by atoms with E-state index in [4.69, 9.17) is 9.47 Å². The zero-order chi connectivity index (χ0) is 12.9. The van der Waals surface area contributed by atoms with Crippen LogP contribution in [0.2, 0.25) is 0 Å². The highest BCUT2D eigenvalue weighted by Gasteiger charge is 2.05. The van der Waals surface area contributed by atoms with Crippen LogP contribution in [0.1, 0.15) is 0 Å². The highest BCUT2D eigenvalue weighted by atomic mass is 79.9. The maximum absolute atomic E-state index is 5.48. The van der Waals surface area contributed by atoms with Crippen molar-refractivity contribution >= 4 is 41.9 Å². The molecule has 0 fully saturated rings. The van der Waals surface area contributed by atoms with Gasteiger partial charge in [0, 0.05) is 16.4 Å². The highest BCUT2D eigenvalue weighted by molar-refractivity contribution is 9.11. The number of hydrogen-bond acceptors (Lipinski definition) is 3. The van der Waals surface area contributed by atoms with E-state index in [1.165, 1.54) is 0 Å². The molecule has 0 saturated carbocycles. The molecule has 0 unspecified atom stereocenters. The third-order valence-electron chi connectivity index (χ3n) is 1.91. The molecule has 0 amide bonds. The van der Waals surface area contributed by atoms with Gasteiger partial charge in [-0.2, -0.15) is 0 Å². The van der Waals surface area contributed by atoms with Gasteiger partial charge in [0.1, 0.15) is 4.60 Å². The highest BCUT2D eigenvalue weighted by Crippen LogP contribution is 2.33. The molecule has 0 aromatic carbocycles. The molecule has 6 heteroatoms. The van der Waals surface area contributed by atoms with Gasteiger partial charge in [0.25, 0.3) is 0 Å². The van der Waals surface area contributed by atoms with E-state index >= 15 is 0 Å². The zero-order valence-electron chi connectivity index (χ0n) is 10.2. The average Bonchev–Trinajstić information content (AvgIpc) is 2.21. The van der Waals surface area contributed by atoms with Crippen molar-refractivity contribution in [2.45, 2.75) is 0 Å². The maximum atomic E-state index is 5.48. The Morgan fingerprint density at radius 2 is 2.00 bits per heavy atom. The first-order valence-electron chi connectivity index (χ1n) is 5.06. The molecule has 0 spiro atoms. The second-order valence-electron chi connectivity index (χ2n) is 4.41. The van der Waals surface area contributed by atoms with Gasteiger partial charge in [0.15, 0.2) is 12.5 Å². The van der Waals surface area contributed by atoms with Crippen molar-refractivity contribution in [1.29, 1.82) is 0 Å². The monoisotopic (exact) mass is 385 g/mol. The molecule has 1 aromatic heterocycles. The van der Waals surface area contributed by atoms with Crippen LogP contribution in [0.4, 0.5) is 0 Å². The molecule has 0 atom stereocenters. The SMILES string of the molecule is CS(C)(C)CCOCOc1cc(Br)cnc1Br. The molecule has 1 rings (SSSR count). The summed E-state index contributed by atoms with van der Waals surface area (Å²) in [7, 11) is -0.494. The summed E-state index contributed by atoms with van der Waals surface area (Å²) >= 11 is 6.67. The second kappa shape index (κ2) is 6.97. The minimum absolute atomic E-state index is 0.256. The van der Waals surface area contributed by atoms with Crippen molar-refractivity contribution < 1.29 is 9.47 Å². The van der Waals surface area contributed by atoms with Gasteiger partial charge in [-0.05, 0) is 56.7 Å². The third kappa shape index (κ3) is 6.64. The molecule has 0 aliphatic heterocycles. The molecule has 98 valence electrons. The summed E-state index contributed by atoms with van der Waals surface area (Å²) < 4.78 is 12.5. The molecule has 1 aromatic rings. The molecule has 0 saturated heterocycles. The topological polar surface area (TPSA) is 31.4 Å². The molecule has 0 aliphatic carbocycles. The molecular weight excluding hydrogens is 370 g/mol. The van der Waals surface area contributed by atoms with Crippen LogP contribution in [0.15, 0.2) is 21.3 Å².